The van der Waals surface area contributed by atoms with Crippen molar-refractivity contribution < 1.29 is 0 Å². The molecule has 0 heterocycles. The van der Waals surface area contributed by atoms with Crippen LogP contribution in [0.25, 0.3) is 0 Å². The maximum atomic E-state index is 5.80. The molecule has 0 aromatic rings. The van der Waals surface area contributed by atoms with Crippen LogP contribution in [0.3, 0.4) is 0 Å². The molecule has 0 aliphatic carbocycles. The average molecular weight is 285 g/mol. The zero-order valence-corrected chi connectivity index (χ0v) is 14.0. The summed E-state index contributed by atoms with van der Waals surface area (Å²) in [5.41, 5.74) is 11.3. The zero-order chi connectivity index (χ0) is 14.9. The summed E-state index contributed by atoms with van der Waals surface area (Å²) in [5.74, 6) is 0. The Hall–Kier alpha value is -0.0800. The molecule has 0 aromatic carbocycles. The van der Waals surface area contributed by atoms with Gasteiger partial charge < -0.3 is 11.5 Å². The van der Waals surface area contributed by atoms with Crippen LogP contribution in [0.15, 0.2) is 0 Å². The van der Waals surface area contributed by atoms with Crippen LogP contribution in [0.5, 0.6) is 0 Å². The molecule has 0 saturated heterocycles. The highest BCUT2D eigenvalue weighted by atomic mass is 14.7. The Bertz CT molecular complexity index is 171. The van der Waals surface area contributed by atoms with Crippen LogP contribution >= 0.6 is 0 Å². The minimum absolute atomic E-state index is 0.229. The van der Waals surface area contributed by atoms with Gasteiger partial charge in [0, 0.05) is 12.6 Å². The second-order valence-electron chi connectivity index (χ2n) is 6.38. The van der Waals surface area contributed by atoms with E-state index in [-0.39, 0.29) is 6.04 Å². The highest BCUT2D eigenvalue weighted by Crippen LogP contribution is 2.13. The minimum atomic E-state index is 0.229. The first kappa shape index (κ1) is 19.9. The molecule has 0 aliphatic heterocycles. The Morgan fingerprint density at radius 2 is 0.950 bits per heavy atom. The highest BCUT2D eigenvalue weighted by Gasteiger charge is 1.98. The third-order valence-corrected chi connectivity index (χ3v) is 4.23. The lowest BCUT2D eigenvalue weighted by Gasteiger charge is -2.07. The normalized spacial score (nSPS) is 12.8. The van der Waals surface area contributed by atoms with E-state index in [0.717, 1.165) is 6.42 Å². The van der Waals surface area contributed by atoms with Crippen LogP contribution in [0.2, 0.25) is 0 Å². The van der Waals surface area contributed by atoms with Crippen molar-refractivity contribution in [2.24, 2.45) is 11.5 Å². The average Bonchev–Trinajstić information content (AvgIpc) is 2.47. The van der Waals surface area contributed by atoms with Gasteiger partial charge in [-0.1, -0.05) is 96.8 Å². The van der Waals surface area contributed by atoms with E-state index in [4.69, 9.17) is 11.5 Å². The first-order chi connectivity index (χ1) is 9.81. The Balaban J connectivity index is 2.96. The number of hydrogen-bond donors (Lipinski definition) is 2. The van der Waals surface area contributed by atoms with Crippen molar-refractivity contribution in [2.45, 2.75) is 109 Å². The Labute approximate surface area is 128 Å². The smallest absolute Gasteiger partial charge is 0.0163 e. The van der Waals surface area contributed by atoms with E-state index in [9.17, 15) is 0 Å². The van der Waals surface area contributed by atoms with E-state index < -0.39 is 0 Å². The molecule has 2 nitrogen and oxygen atoms in total. The van der Waals surface area contributed by atoms with Crippen molar-refractivity contribution in [1.82, 2.24) is 0 Å². The Morgan fingerprint density at radius 1 is 0.600 bits per heavy atom. The van der Waals surface area contributed by atoms with Crippen LogP contribution in [-0.2, 0) is 0 Å². The van der Waals surface area contributed by atoms with Gasteiger partial charge in [-0.05, 0) is 6.42 Å². The summed E-state index contributed by atoms with van der Waals surface area (Å²) in [6, 6.07) is 0.229. The topological polar surface area (TPSA) is 52.0 Å². The summed E-state index contributed by atoms with van der Waals surface area (Å²) in [5, 5.41) is 0. The third-order valence-electron chi connectivity index (χ3n) is 4.23. The largest absolute Gasteiger partial charge is 0.329 e. The van der Waals surface area contributed by atoms with Gasteiger partial charge in [-0.25, -0.2) is 0 Å². The van der Waals surface area contributed by atoms with Crippen molar-refractivity contribution in [3.8, 4) is 0 Å². The molecule has 0 aromatic heterocycles. The Kier molecular flexibility index (Phi) is 16.9. The van der Waals surface area contributed by atoms with Crippen LogP contribution in [-0.4, -0.2) is 12.6 Å². The van der Waals surface area contributed by atoms with E-state index in [2.05, 4.69) is 6.92 Å². The number of hydrogen-bond acceptors (Lipinski definition) is 2. The summed E-state index contributed by atoms with van der Waals surface area (Å²) in [4.78, 5) is 0. The summed E-state index contributed by atoms with van der Waals surface area (Å²) in [6.45, 7) is 2.92. The number of nitrogens with two attached hydrogens (primary N) is 2. The van der Waals surface area contributed by atoms with Gasteiger partial charge in [0.2, 0.25) is 0 Å². The second-order valence-corrected chi connectivity index (χ2v) is 6.38. The van der Waals surface area contributed by atoms with E-state index in [1.165, 1.54) is 89.9 Å². The van der Waals surface area contributed by atoms with E-state index >= 15 is 0 Å². The molecule has 0 bridgehead atoms. The molecule has 0 amide bonds. The molecular formula is C18H40N2. The molecule has 4 N–H and O–H groups in total. The zero-order valence-electron chi connectivity index (χ0n) is 14.0. The van der Waals surface area contributed by atoms with Crippen molar-refractivity contribution in [2.75, 3.05) is 6.54 Å². The van der Waals surface area contributed by atoms with Gasteiger partial charge in [-0.15, -0.1) is 0 Å². The lowest BCUT2D eigenvalue weighted by Crippen LogP contribution is -2.29. The van der Waals surface area contributed by atoms with Gasteiger partial charge in [0.25, 0.3) is 0 Å². The fourth-order valence-corrected chi connectivity index (χ4v) is 2.72. The summed E-state index contributed by atoms with van der Waals surface area (Å²) >= 11 is 0. The lowest BCUT2D eigenvalue weighted by molar-refractivity contribution is 0.517. The van der Waals surface area contributed by atoms with Gasteiger partial charge in [-0.3, -0.25) is 0 Å². The maximum Gasteiger partial charge on any atom is 0.0163 e. The fourth-order valence-electron chi connectivity index (χ4n) is 2.72. The number of rotatable bonds is 16. The molecule has 0 spiro atoms. The summed E-state index contributed by atoms with van der Waals surface area (Å²) < 4.78 is 0. The van der Waals surface area contributed by atoms with E-state index in [1.807, 2.05) is 0 Å². The van der Waals surface area contributed by atoms with E-state index in [0.29, 0.717) is 6.54 Å². The molecule has 0 aliphatic rings. The van der Waals surface area contributed by atoms with Crippen LogP contribution in [0.1, 0.15) is 103 Å². The van der Waals surface area contributed by atoms with Crippen molar-refractivity contribution in [3.63, 3.8) is 0 Å². The number of unbranched alkanes of at least 4 members (excludes halogenated alkanes) is 13. The van der Waals surface area contributed by atoms with Gasteiger partial charge in [0.1, 0.15) is 0 Å². The standard InChI is InChI=1S/C18H40N2/c1-2-3-4-5-6-7-8-9-10-11-12-13-14-15-16-18(20)17-19/h18H,2-17,19-20H2,1H3. The molecule has 0 saturated carbocycles. The fraction of sp³-hybridized carbons (Fsp3) is 1.00. The van der Waals surface area contributed by atoms with Crippen molar-refractivity contribution in [1.29, 1.82) is 0 Å². The van der Waals surface area contributed by atoms with Crippen molar-refractivity contribution >= 4 is 0 Å². The molecule has 0 fully saturated rings. The van der Waals surface area contributed by atoms with Gasteiger partial charge in [-0.2, -0.15) is 0 Å². The SMILES string of the molecule is CCCCCCCCCCCCCCCCC(N)CN. The molecule has 0 radical (unpaired) electrons. The Morgan fingerprint density at radius 3 is 1.30 bits per heavy atom. The van der Waals surface area contributed by atoms with Crippen LogP contribution in [0.4, 0.5) is 0 Å². The minimum Gasteiger partial charge on any atom is -0.329 e. The van der Waals surface area contributed by atoms with Crippen molar-refractivity contribution in [3.05, 3.63) is 0 Å². The highest BCUT2D eigenvalue weighted by molar-refractivity contribution is 4.61. The monoisotopic (exact) mass is 284 g/mol. The molecule has 1 unspecified atom stereocenters. The molecule has 2 heteroatoms. The first-order valence-corrected chi connectivity index (χ1v) is 9.27. The van der Waals surface area contributed by atoms with Gasteiger partial charge in [0.05, 0.1) is 0 Å². The molecule has 0 rings (SSSR count). The molecule has 20 heavy (non-hydrogen) atoms. The quantitative estimate of drug-likeness (QED) is 0.385. The van der Waals surface area contributed by atoms with Crippen LogP contribution < -0.4 is 11.5 Å². The lowest BCUT2D eigenvalue weighted by atomic mass is 10.0. The van der Waals surface area contributed by atoms with Gasteiger partial charge in [0.15, 0.2) is 0 Å². The second kappa shape index (κ2) is 17.0. The predicted molar refractivity (Wildman–Crippen MR) is 92.0 cm³/mol. The summed E-state index contributed by atoms with van der Waals surface area (Å²) in [6.07, 6.45) is 20.9. The molecular weight excluding hydrogens is 244 g/mol. The first-order valence-electron chi connectivity index (χ1n) is 9.27. The summed E-state index contributed by atoms with van der Waals surface area (Å²) in [7, 11) is 0. The van der Waals surface area contributed by atoms with Crippen LogP contribution in [0, 0.1) is 0 Å². The molecule has 122 valence electrons. The predicted octanol–water partition coefficient (Wildman–Crippen LogP) is 5.14. The van der Waals surface area contributed by atoms with E-state index in [1.54, 1.807) is 0 Å². The maximum absolute atomic E-state index is 5.80. The van der Waals surface area contributed by atoms with Gasteiger partial charge >= 0.3 is 0 Å². The molecule has 1 atom stereocenters. The third kappa shape index (κ3) is 16.0.